The predicted molar refractivity (Wildman–Crippen MR) is 129 cm³/mol. The van der Waals surface area contributed by atoms with Crippen molar-refractivity contribution in [2.75, 3.05) is 19.6 Å². The third-order valence-corrected chi connectivity index (χ3v) is 6.20. The van der Waals surface area contributed by atoms with Crippen molar-refractivity contribution >= 4 is 23.3 Å². The molecule has 1 aliphatic rings. The summed E-state index contributed by atoms with van der Waals surface area (Å²) in [5.74, 6) is 0. The smallest absolute Gasteiger partial charge is 0.301 e. The molecular weight excluding hydrogens is 465 g/mol. The molecule has 1 aliphatic heterocycles. The number of hydrogen-bond acceptors (Lipinski definition) is 3. The summed E-state index contributed by atoms with van der Waals surface area (Å²) in [6.07, 6.45) is 1.59. The molecule has 0 saturated carbocycles. The van der Waals surface area contributed by atoms with E-state index < -0.39 is 11.7 Å². The highest BCUT2D eigenvalue weighted by atomic mass is 35.5. The van der Waals surface area contributed by atoms with Crippen molar-refractivity contribution in [3.05, 3.63) is 82.9 Å². The van der Waals surface area contributed by atoms with E-state index >= 15 is 0 Å². The number of fused-ring (bicyclic) bond motifs is 1. The quantitative estimate of drug-likeness (QED) is 0.378. The summed E-state index contributed by atoms with van der Waals surface area (Å²) in [7, 11) is 0. The first-order valence-corrected chi connectivity index (χ1v) is 11.0. The highest BCUT2D eigenvalue weighted by Gasteiger charge is 2.30. The first-order chi connectivity index (χ1) is 15.9. The van der Waals surface area contributed by atoms with E-state index in [1.807, 2.05) is 29.1 Å². The zero-order chi connectivity index (χ0) is 23.0. The van der Waals surface area contributed by atoms with E-state index in [9.17, 15) is 18.0 Å². The van der Waals surface area contributed by atoms with Crippen LogP contribution in [0.3, 0.4) is 0 Å². The van der Waals surface area contributed by atoms with Crippen LogP contribution in [-0.2, 0) is 12.7 Å². The number of pyridine rings is 1. The van der Waals surface area contributed by atoms with Crippen molar-refractivity contribution in [3.63, 3.8) is 0 Å². The molecule has 4 aromatic rings. The largest absolute Gasteiger partial charge is 0.416 e. The molecule has 0 amide bonds. The number of aromatic nitrogens is 3. The molecule has 5 nitrogen and oxygen atoms in total. The zero-order valence-corrected chi connectivity index (χ0v) is 19.1. The van der Waals surface area contributed by atoms with Gasteiger partial charge in [-0.15, -0.1) is 12.4 Å². The molecule has 0 N–H and O–H groups in total. The Morgan fingerprint density at radius 2 is 1.62 bits per heavy atom. The Labute approximate surface area is 200 Å². The van der Waals surface area contributed by atoms with Crippen LogP contribution in [0.5, 0.6) is 0 Å². The Morgan fingerprint density at radius 1 is 0.882 bits per heavy atom. The summed E-state index contributed by atoms with van der Waals surface area (Å²) in [5.41, 5.74) is 1.89. The van der Waals surface area contributed by atoms with Crippen LogP contribution >= 0.6 is 12.4 Å². The van der Waals surface area contributed by atoms with Gasteiger partial charge in [-0.1, -0.05) is 12.1 Å². The first kappa shape index (κ1) is 24.0. The van der Waals surface area contributed by atoms with Gasteiger partial charge in [0.15, 0.2) is 0 Å². The molecular formula is C25H24ClF3N4O. The highest BCUT2D eigenvalue weighted by Crippen LogP contribution is 2.30. The van der Waals surface area contributed by atoms with E-state index in [1.165, 1.54) is 35.6 Å². The van der Waals surface area contributed by atoms with Gasteiger partial charge in [0.1, 0.15) is 0 Å². The van der Waals surface area contributed by atoms with Crippen LogP contribution < -0.4 is 5.56 Å². The van der Waals surface area contributed by atoms with Gasteiger partial charge in [-0.25, -0.2) is 0 Å². The fraction of sp³-hybridized carbons (Fsp3) is 0.280. The van der Waals surface area contributed by atoms with Gasteiger partial charge in [-0.05, 0) is 73.5 Å². The van der Waals surface area contributed by atoms with Crippen LogP contribution in [0, 0.1) is 0 Å². The fourth-order valence-electron chi connectivity index (χ4n) is 4.37. The van der Waals surface area contributed by atoms with E-state index in [2.05, 4.69) is 10.00 Å². The molecule has 9 heteroatoms. The van der Waals surface area contributed by atoms with Crippen molar-refractivity contribution in [2.24, 2.45) is 0 Å². The Bertz CT molecular complexity index is 1340. The van der Waals surface area contributed by atoms with Crippen molar-refractivity contribution in [3.8, 4) is 16.8 Å². The summed E-state index contributed by atoms with van der Waals surface area (Å²) in [4.78, 5) is 15.2. The lowest BCUT2D eigenvalue weighted by atomic mass is 10.0. The Morgan fingerprint density at radius 3 is 2.29 bits per heavy atom. The second-order valence-corrected chi connectivity index (χ2v) is 8.36. The zero-order valence-electron chi connectivity index (χ0n) is 18.3. The average Bonchev–Trinajstić information content (AvgIpc) is 3.46. The molecule has 0 radical (unpaired) electrons. The first-order valence-electron chi connectivity index (χ1n) is 11.0. The van der Waals surface area contributed by atoms with Gasteiger partial charge in [0.25, 0.3) is 5.56 Å². The van der Waals surface area contributed by atoms with Crippen molar-refractivity contribution in [2.45, 2.75) is 25.6 Å². The number of hydrogen-bond donors (Lipinski definition) is 0. The van der Waals surface area contributed by atoms with Crippen LogP contribution in [0.15, 0.2) is 71.8 Å². The Balaban J connectivity index is 0.00000274. The maximum absolute atomic E-state index is 12.8. The van der Waals surface area contributed by atoms with Gasteiger partial charge >= 0.3 is 6.18 Å². The molecule has 1 saturated heterocycles. The summed E-state index contributed by atoms with van der Waals surface area (Å²) < 4.78 is 41.9. The van der Waals surface area contributed by atoms with E-state index in [0.29, 0.717) is 16.8 Å². The van der Waals surface area contributed by atoms with Gasteiger partial charge in [0, 0.05) is 29.9 Å². The fourth-order valence-corrected chi connectivity index (χ4v) is 4.37. The maximum atomic E-state index is 12.8. The number of rotatable bonds is 5. The van der Waals surface area contributed by atoms with E-state index in [-0.39, 0.29) is 18.0 Å². The molecule has 178 valence electrons. The molecule has 2 aromatic carbocycles. The van der Waals surface area contributed by atoms with Gasteiger partial charge in [0.05, 0.1) is 23.8 Å². The van der Waals surface area contributed by atoms with Gasteiger partial charge in [-0.3, -0.25) is 14.0 Å². The Hall–Kier alpha value is -3.10. The van der Waals surface area contributed by atoms with Crippen LogP contribution in [0.25, 0.3) is 27.7 Å². The van der Waals surface area contributed by atoms with Crippen molar-refractivity contribution in [1.29, 1.82) is 0 Å². The molecule has 1 fully saturated rings. The number of benzene rings is 2. The standard InChI is InChI=1S/C25H23F3N4O.ClH/c26-25(27,28)21-5-3-18(4-6-21)19-9-12-31(24(33)16-19)22-7-8-23-20(15-22)17-29-32(23)14-13-30-10-1-2-11-30;/h3-9,12,15-17H,1-2,10-11,13-14H2;1H. The van der Waals surface area contributed by atoms with Crippen LogP contribution in [0.2, 0.25) is 0 Å². The highest BCUT2D eigenvalue weighted by molar-refractivity contribution is 5.85. The summed E-state index contributed by atoms with van der Waals surface area (Å²) in [6, 6.07) is 13.8. The molecule has 0 aliphatic carbocycles. The second-order valence-electron chi connectivity index (χ2n) is 8.36. The number of halogens is 4. The molecule has 3 heterocycles. The third-order valence-electron chi connectivity index (χ3n) is 6.20. The normalized spacial score (nSPS) is 14.4. The van der Waals surface area contributed by atoms with Crippen molar-refractivity contribution < 1.29 is 13.2 Å². The predicted octanol–water partition coefficient (Wildman–Crippen LogP) is 5.39. The molecule has 5 rings (SSSR count). The summed E-state index contributed by atoms with van der Waals surface area (Å²) >= 11 is 0. The van der Waals surface area contributed by atoms with Crippen LogP contribution in [0.1, 0.15) is 18.4 Å². The minimum Gasteiger partial charge on any atom is -0.301 e. The van der Waals surface area contributed by atoms with Gasteiger partial charge < -0.3 is 4.90 Å². The maximum Gasteiger partial charge on any atom is 0.416 e. The van der Waals surface area contributed by atoms with Crippen LogP contribution in [-0.4, -0.2) is 38.9 Å². The number of nitrogens with zero attached hydrogens (tertiary/aromatic N) is 4. The topological polar surface area (TPSA) is 43.1 Å². The van der Waals surface area contributed by atoms with E-state index in [1.54, 1.807) is 12.3 Å². The van der Waals surface area contributed by atoms with Crippen LogP contribution in [0.4, 0.5) is 13.2 Å². The van der Waals surface area contributed by atoms with Gasteiger partial charge in [0.2, 0.25) is 0 Å². The molecule has 0 spiro atoms. The van der Waals surface area contributed by atoms with E-state index in [0.717, 1.165) is 49.2 Å². The average molecular weight is 489 g/mol. The summed E-state index contributed by atoms with van der Waals surface area (Å²) in [5, 5.41) is 5.47. The molecule has 34 heavy (non-hydrogen) atoms. The molecule has 0 bridgehead atoms. The number of likely N-dealkylation sites (tertiary alicyclic amines) is 1. The summed E-state index contributed by atoms with van der Waals surface area (Å²) in [6.45, 7) is 4.09. The molecule has 2 aromatic heterocycles. The monoisotopic (exact) mass is 488 g/mol. The lowest BCUT2D eigenvalue weighted by Gasteiger charge is -2.14. The molecule has 0 unspecified atom stereocenters. The Kier molecular flexibility index (Phi) is 6.81. The minimum atomic E-state index is -4.39. The van der Waals surface area contributed by atoms with Gasteiger partial charge in [-0.2, -0.15) is 18.3 Å². The third kappa shape index (κ3) is 4.88. The lowest BCUT2D eigenvalue weighted by molar-refractivity contribution is -0.137. The number of alkyl halides is 3. The second kappa shape index (κ2) is 9.64. The van der Waals surface area contributed by atoms with Crippen molar-refractivity contribution in [1.82, 2.24) is 19.2 Å². The lowest BCUT2D eigenvalue weighted by Crippen LogP contribution is -2.24. The molecule has 0 atom stereocenters. The SMILES string of the molecule is Cl.O=c1cc(-c2ccc(C(F)(F)F)cc2)ccn1-c1ccc2c(cnn2CCN2CCCC2)c1. The van der Waals surface area contributed by atoms with E-state index in [4.69, 9.17) is 0 Å². The minimum absolute atomic E-state index is 0.